The average molecular weight is 657 g/mol. The van der Waals surface area contributed by atoms with Crippen LogP contribution in [0.2, 0.25) is 0 Å². The molecule has 268 valence electrons. The van der Waals surface area contributed by atoms with E-state index in [1.54, 1.807) is 6.92 Å². The van der Waals surface area contributed by atoms with Gasteiger partial charge in [-0.25, -0.2) is 0 Å². The van der Waals surface area contributed by atoms with Crippen LogP contribution in [0.4, 0.5) is 0 Å². The zero-order valence-corrected chi connectivity index (χ0v) is 33.0. The third kappa shape index (κ3) is 8.37. The molecule has 0 atom stereocenters. The Balaban J connectivity index is 2.00. The van der Waals surface area contributed by atoms with Crippen LogP contribution in [0.3, 0.4) is 0 Å². The molecule has 0 unspecified atom stereocenters. The van der Waals surface area contributed by atoms with Gasteiger partial charge in [-0.15, -0.1) is 0 Å². The Morgan fingerprint density at radius 2 is 0.979 bits per heavy atom. The maximum Gasteiger partial charge on any atom is 0.323 e. The Hall–Kier alpha value is -2.12. The summed E-state index contributed by atoms with van der Waals surface area (Å²) in [5, 5.41) is 11.3. The maximum absolute atomic E-state index is 14.4. The second-order valence-corrected chi connectivity index (χ2v) is 19.6. The van der Waals surface area contributed by atoms with Crippen molar-refractivity contribution < 1.29 is 24.2 Å². The molecule has 1 N–H and O–H groups in total. The molecule has 7 nitrogen and oxygen atoms in total. The Kier molecular flexibility index (Phi) is 10.6. The molecule has 2 aliphatic rings. The molecular weight excluding hydrogens is 588 g/mol. The third-order valence-corrected chi connectivity index (χ3v) is 11.7. The summed E-state index contributed by atoms with van der Waals surface area (Å²) in [6.45, 7) is 31.7. The third-order valence-electron chi connectivity index (χ3n) is 11.7. The van der Waals surface area contributed by atoms with Crippen LogP contribution in [0.25, 0.3) is 0 Å². The van der Waals surface area contributed by atoms with Gasteiger partial charge >= 0.3 is 11.9 Å². The first-order valence-electron chi connectivity index (χ1n) is 17.7. The van der Waals surface area contributed by atoms with Crippen LogP contribution in [0.1, 0.15) is 153 Å². The average Bonchev–Trinajstić information content (AvgIpc) is 2.87. The van der Waals surface area contributed by atoms with Crippen molar-refractivity contribution in [2.24, 2.45) is 5.41 Å². The van der Waals surface area contributed by atoms with Crippen LogP contribution in [-0.4, -0.2) is 75.3 Å². The van der Waals surface area contributed by atoms with E-state index in [1.165, 1.54) is 0 Å². The predicted octanol–water partition coefficient (Wildman–Crippen LogP) is 8.32. The number of aromatic hydroxyl groups is 1. The molecule has 0 saturated carbocycles. The Morgan fingerprint density at radius 1 is 0.681 bits per heavy atom. The molecule has 0 aliphatic carbocycles. The summed E-state index contributed by atoms with van der Waals surface area (Å²) in [6, 6.07) is 4.07. The minimum absolute atomic E-state index is 0.173. The minimum atomic E-state index is -1.50. The summed E-state index contributed by atoms with van der Waals surface area (Å²) in [5.41, 5.74) is -0.0743. The number of aryl methyl sites for hydroxylation is 1. The molecule has 0 spiro atoms. The zero-order chi connectivity index (χ0) is 36.3. The Morgan fingerprint density at radius 3 is 1.26 bits per heavy atom. The standard InChI is InChI=1S/C40H68N2O5/c1-34(2,3)29-20-26(21-30(31(29)43)35(4,5)6)18-19-40(15,32(44)46-27-22-36(7,8)41(16)37(9,10)23-27)33(45)47-28-24-38(11,12)42(17)39(13,14)25-28/h20-21,27-28,43H,18-19,22-25H2,1-17H3. The van der Waals surface area contributed by atoms with Crippen molar-refractivity contribution in [3.63, 3.8) is 0 Å². The van der Waals surface area contributed by atoms with Crippen molar-refractivity contribution in [3.05, 3.63) is 28.8 Å². The lowest BCUT2D eigenvalue weighted by atomic mass is 9.76. The normalized spacial score (nSPS) is 22.6. The number of carbonyl (C=O) groups excluding carboxylic acids is 2. The van der Waals surface area contributed by atoms with E-state index >= 15 is 0 Å². The molecule has 7 heteroatoms. The maximum atomic E-state index is 14.4. The van der Waals surface area contributed by atoms with Gasteiger partial charge in [0.05, 0.1) is 0 Å². The van der Waals surface area contributed by atoms with E-state index in [0.29, 0.717) is 37.9 Å². The number of benzene rings is 1. The second kappa shape index (κ2) is 12.6. The van der Waals surface area contributed by atoms with E-state index in [2.05, 4.69) is 121 Å². The SMILES string of the molecule is CN1C(C)(C)CC(OC(=O)C(C)(CCc2cc(C(C)(C)C)c(O)c(C(C)(C)C)c2)C(=O)OC2CC(C)(C)N(C)C(C)(C)C2)CC1(C)C. The van der Waals surface area contributed by atoms with Gasteiger partial charge in [0.15, 0.2) is 5.41 Å². The summed E-state index contributed by atoms with van der Waals surface area (Å²) in [6.07, 6.45) is 2.80. The summed E-state index contributed by atoms with van der Waals surface area (Å²) in [7, 11) is 4.25. The van der Waals surface area contributed by atoms with Crippen molar-refractivity contribution in [1.82, 2.24) is 9.80 Å². The highest BCUT2D eigenvalue weighted by Gasteiger charge is 2.51. The number of piperidine rings is 2. The van der Waals surface area contributed by atoms with Crippen LogP contribution in [0, 0.1) is 5.41 Å². The van der Waals surface area contributed by atoms with Crippen LogP contribution < -0.4 is 0 Å². The second-order valence-electron chi connectivity index (χ2n) is 19.6. The molecule has 2 heterocycles. The monoisotopic (exact) mass is 657 g/mol. The number of rotatable bonds is 7. The van der Waals surface area contributed by atoms with E-state index in [1.807, 2.05) is 12.1 Å². The fourth-order valence-electron chi connectivity index (χ4n) is 7.95. The molecule has 2 aliphatic heterocycles. The highest BCUT2D eigenvalue weighted by atomic mass is 16.6. The number of phenols is 1. The minimum Gasteiger partial charge on any atom is -0.507 e. The Labute approximate surface area is 287 Å². The van der Waals surface area contributed by atoms with Crippen molar-refractivity contribution in [2.45, 2.75) is 188 Å². The molecule has 0 aromatic heterocycles. The number of hydrogen-bond acceptors (Lipinski definition) is 7. The summed E-state index contributed by atoms with van der Waals surface area (Å²) < 4.78 is 12.7. The molecule has 1 aromatic rings. The fourth-order valence-corrected chi connectivity index (χ4v) is 7.95. The van der Waals surface area contributed by atoms with Crippen LogP contribution >= 0.6 is 0 Å². The smallest absolute Gasteiger partial charge is 0.323 e. The van der Waals surface area contributed by atoms with E-state index in [0.717, 1.165) is 16.7 Å². The van der Waals surface area contributed by atoms with Gasteiger partial charge in [-0.05, 0) is 117 Å². The first-order chi connectivity index (χ1) is 20.9. The van der Waals surface area contributed by atoms with Gasteiger partial charge in [-0.3, -0.25) is 19.4 Å². The number of ether oxygens (including phenoxy) is 2. The number of phenolic OH excluding ortho intramolecular Hbond substituents is 1. The summed E-state index contributed by atoms with van der Waals surface area (Å²) >= 11 is 0. The number of carbonyl (C=O) groups is 2. The van der Waals surface area contributed by atoms with Gasteiger partial charge < -0.3 is 14.6 Å². The van der Waals surface area contributed by atoms with Crippen molar-refractivity contribution in [1.29, 1.82) is 0 Å². The van der Waals surface area contributed by atoms with E-state index in [9.17, 15) is 14.7 Å². The van der Waals surface area contributed by atoms with E-state index in [-0.39, 0.29) is 51.6 Å². The van der Waals surface area contributed by atoms with Gasteiger partial charge in [-0.2, -0.15) is 0 Å². The molecule has 0 amide bonds. The number of nitrogens with zero attached hydrogens (tertiary/aromatic N) is 2. The topological polar surface area (TPSA) is 79.3 Å². The highest BCUT2D eigenvalue weighted by molar-refractivity contribution is 5.99. The molecule has 47 heavy (non-hydrogen) atoms. The van der Waals surface area contributed by atoms with Crippen LogP contribution in [0.15, 0.2) is 12.1 Å². The fraction of sp³-hybridized carbons (Fsp3) is 0.800. The van der Waals surface area contributed by atoms with Crippen molar-refractivity contribution in [2.75, 3.05) is 14.1 Å². The molecule has 2 saturated heterocycles. The van der Waals surface area contributed by atoms with Crippen molar-refractivity contribution in [3.8, 4) is 5.75 Å². The van der Waals surface area contributed by atoms with Crippen LogP contribution in [-0.2, 0) is 36.3 Å². The van der Waals surface area contributed by atoms with E-state index in [4.69, 9.17) is 9.47 Å². The van der Waals surface area contributed by atoms with Crippen LogP contribution in [0.5, 0.6) is 5.75 Å². The summed E-state index contributed by atoms with van der Waals surface area (Å²) in [4.78, 5) is 33.4. The molecule has 0 radical (unpaired) electrons. The molecule has 0 bridgehead atoms. The lowest BCUT2D eigenvalue weighted by molar-refractivity contribution is -0.186. The number of likely N-dealkylation sites (tertiary alicyclic amines) is 2. The summed E-state index contributed by atoms with van der Waals surface area (Å²) in [5.74, 6) is -0.711. The van der Waals surface area contributed by atoms with E-state index < -0.39 is 17.4 Å². The van der Waals surface area contributed by atoms with Gasteiger partial charge in [0.25, 0.3) is 0 Å². The van der Waals surface area contributed by atoms with Gasteiger partial charge in [0, 0.05) is 47.8 Å². The molecule has 2 fully saturated rings. The Bertz CT molecular complexity index is 1200. The predicted molar refractivity (Wildman–Crippen MR) is 192 cm³/mol. The lowest BCUT2D eigenvalue weighted by Gasteiger charge is -2.53. The zero-order valence-electron chi connectivity index (χ0n) is 33.0. The molecular formula is C40H68N2O5. The first kappa shape index (κ1) is 39.3. The number of hydrogen-bond donors (Lipinski definition) is 1. The molecule has 3 rings (SSSR count). The largest absolute Gasteiger partial charge is 0.507 e. The quantitative estimate of drug-likeness (QED) is 0.234. The first-order valence-corrected chi connectivity index (χ1v) is 17.7. The van der Waals surface area contributed by atoms with Gasteiger partial charge in [-0.1, -0.05) is 53.7 Å². The highest BCUT2D eigenvalue weighted by Crippen LogP contribution is 2.43. The van der Waals surface area contributed by atoms with Gasteiger partial charge in [0.2, 0.25) is 0 Å². The van der Waals surface area contributed by atoms with Crippen molar-refractivity contribution >= 4 is 11.9 Å². The molecule has 1 aromatic carbocycles. The van der Waals surface area contributed by atoms with Gasteiger partial charge in [0.1, 0.15) is 18.0 Å². The number of esters is 2. The lowest BCUT2D eigenvalue weighted by Crippen LogP contribution is -2.61.